The second-order valence-corrected chi connectivity index (χ2v) is 5.28. The van der Waals surface area contributed by atoms with E-state index in [1.54, 1.807) is 0 Å². The van der Waals surface area contributed by atoms with E-state index in [0.717, 1.165) is 6.42 Å². The smallest absolute Gasteiger partial charge is 0.348 e. The van der Waals surface area contributed by atoms with Crippen LogP contribution in [0.2, 0.25) is 0 Å². The lowest BCUT2D eigenvalue weighted by Gasteiger charge is -2.29. The number of rotatable bonds is 4. The highest BCUT2D eigenvalue weighted by Crippen LogP contribution is 2.26. The summed E-state index contributed by atoms with van der Waals surface area (Å²) in [5.41, 5.74) is 0.198. The lowest BCUT2D eigenvalue weighted by Crippen LogP contribution is -2.41. The molecule has 1 heterocycles. The number of ether oxygens (including phenoxy) is 3. The summed E-state index contributed by atoms with van der Waals surface area (Å²) in [5, 5.41) is 0. The van der Waals surface area contributed by atoms with Gasteiger partial charge in [-0.25, -0.2) is 14.0 Å². The van der Waals surface area contributed by atoms with E-state index in [1.165, 1.54) is 38.1 Å². The van der Waals surface area contributed by atoms with Crippen molar-refractivity contribution >= 4 is 18.0 Å². The zero-order valence-corrected chi connectivity index (χ0v) is 12.6. The Morgan fingerprint density at radius 1 is 1.23 bits per heavy atom. The van der Waals surface area contributed by atoms with Gasteiger partial charge in [-0.3, -0.25) is 0 Å². The zero-order chi connectivity index (χ0) is 16.3. The Balaban J connectivity index is 2.29. The Morgan fingerprint density at radius 3 is 2.45 bits per heavy atom. The van der Waals surface area contributed by atoms with Gasteiger partial charge in [0.25, 0.3) is 5.79 Å². The molecule has 1 aromatic rings. The van der Waals surface area contributed by atoms with Gasteiger partial charge in [0.05, 0.1) is 6.61 Å². The molecule has 0 unspecified atom stereocenters. The molecule has 2 rings (SSSR count). The molecule has 0 atom stereocenters. The Morgan fingerprint density at radius 2 is 1.86 bits per heavy atom. The van der Waals surface area contributed by atoms with Gasteiger partial charge < -0.3 is 14.2 Å². The van der Waals surface area contributed by atoms with Crippen LogP contribution in [-0.4, -0.2) is 24.3 Å². The standard InChI is InChI=1S/C16H17FO5/c1-4-7-20-13-9-10(5-6-12(13)17)8-11-14(18)21-16(2,3)22-15(11)19/h5-6,8-9H,4,7H2,1-3H3. The molecule has 0 aliphatic carbocycles. The van der Waals surface area contributed by atoms with E-state index in [2.05, 4.69) is 0 Å². The fourth-order valence-electron chi connectivity index (χ4n) is 1.88. The summed E-state index contributed by atoms with van der Waals surface area (Å²) in [7, 11) is 0. The molecule has 1 aromatic carbocycles. The van der Waals surface area contributed by atoms with Gasteiger partial charge in [0, 0.05) is 13.8 Å². The summed E-state index contributed by atoms with van der Waals surface area (Å²) in [4.78, 5) is 23.7. The van der Waals surface area contributed by atoms with Gasteiger partial charge in [-0.1, -0.05) is 13.0 Å². The second-order valence-electron chi connectivity index (χ2n) is 5.28. The zero-order valence-electron chi connectivity index (χ0n) is 12.6. The third kappa shape index (κ3) is 3.63. The first kappa shape index (κ1) is 16.0. The van der Waals surface area contributed by atoms with Crippen LogP contribution in [0.5, 0.6) is 5.75 Å². The second kappa shape index (κ2) is 6.17. The lowest BCUT2D eigenvalue weighted by atomic mass is 10.1. The minimum atomic E-state index is -1.29. The lowest BCUT2D eigenvalue weighted by molar-refractivity contribution is -0.222. The molecule has 0 N–H and O–H groups in total. The fourth-order valence-corrected chi connectivity index (χ4v) is 1.88. The Labute approximate surface area is 127 Å². The largest absolute Gasteiger partial charge is 0.491 e. The Hall–Kier alpha value is -2.37. The van der Waals surface area contributed by atoms with E-state index < -0.39 is 23.5 Å². The van der Waals surface area contributed by atoms with Crippen molar-refractivity contribution in [2.24, 2.45) is 0 Å². The van der Waals surface area contributed by atoms with E-state index >= 15 is 0 Å². The summed E-state index contributed by atoms with van der Waals surface area (Å²) in [6, 6.07) is 4.06. The quantitative estimate of drug-likeness (QED) is 0.486. The molecule has 22 heavy (non-hydrogen) atoms. The minimum absolute atomic E-state index is 0.0640. The summed E-state index contributed by atoms with van der Waals surface area (Å²) in [6.45, 7) is 5.21. The third-order valence-corrected chi connectivity index (χ3v) is 2.84. The molecule has 1 fully saturated rings. The average molecular weight is 308 g/mol. The molecule has 0 bridgehead atoms. The molecule has 0 amide bonds. The van der Waals surface area contributed by atoms with Crippen LogP contribution >= 0.6 is 0 Å². The molecule has 5 nitrogen and oxygen atoms in total. The Bertz CT molecular complexity index is 611. The number of esters is 2. The number of hydrogen-bond donors (Lipinski definition) is 0. The van der Waals surface area contributed by atoms with Crippen LogP contribution in [0, 0.1) is 5.82 Å². The van der Waals surface area contributed by atoms with Crippen LogP contribution in [0.25, 0.3) is 6.08 Å². The molecule has 6 heteroatoms. The monoisotopic (exact) mass is 308 g/mol. The molecule has 0 spiro atoms. The molecule has 1 aliphatic rings. The van der Waals surface area contributed by atoms with Crippen molar-refractivity contribution in [3.63, 3.8) is 0 Å². The molecular weight excluding hydrogens is 291 g/mol. The van der Waals surface area contributed by atoms with E-state index in [-0.39, 0.29) is 11.3 Å². The van der Waals surface area contributed by atoms with Crippen molar-refractivity contribution in [2.75, 3.05) is 6.61 Å². The van der Waals surface area contributed by atoms with Crippen LogP contribution in [0.3, 0.4) is 0 Å². The van der Waals surface area contributed by atoms with Crippen molar-refractivity contribution in [1.29, 1.82) is 0 Å². The SMILES string of the molecule is CCCOc1cc(C=C2C(=O)OC(C)(C)OC2=O)ccc1F. The molecule has 118 valence electrons. The first-order chi connectivity index (χ1) is 10.3. The van der Waals surface area contributed by atoms with Gasteiger partial charge in [-0.15, -0.1) is 0 Å². The molecule has 1 saturated heterocycles. The molecule has 1 aliphatic heterocycles. The number of carbonyl (C=O) groups is 2. The molecule has 0 radical (unpaired) electrons. The molecule has 0 aromatic heterocycles. The van der Waals surface area contributed by atoms with Crippen molar-refractivity contribution in [3.05, 3.63) is 35.2 Å². The van der Waals surface area contributed by atoms with Crippen molar-refractivity contribution in [2.45, 2.75) is 33.0 Å². The van der Waals surface area contributed by atoms with Gasteiger partial charge in [-0.05, 0) is 30.2 Å². The summed E-state index contributed by atoms with van der Waals surface area (Å²) >= 11 is 0. The van der Waals surface area contributed by atoms with Gasteiger partial charge in [0.15, 0.2) is 11.6 Å². The van der Waals surface area contributed by atoms with Crippen LogP contribution in [0.4, 0.5) is 4.39 Å². The fraction of sp³-hybridized carbons (Fsp3) is 0.375. The average Bonchev–Trinajstić information content (AvgIpc) is 2.42. The van der Waals surface area contributed by atoms with E-state index in [4.69, 9.17) is 14.2 Å². The van der Waals surface area contributed by atoms with Crippen molar-refractivity contribution < 1.29 is 28.2 Å². The highest BCUT2D eigenvalue weighted by Gasteiger charge is 2.38. The Kier molecular flexibility index (Phi) is 4.49. The number of hydrogen-bond acceptors (Lipinski definition) is 5. The topological polar surface area (TPSA) is 61.8 Å². The first-order valence-corrected chi connectivity index (χ1v) is 6.93. The van der Waals surface area contributed by atoms with Crippen LogP contribution in [0.1, 0.15) is 32.8 Å². The maximum Gasteiger partial charge on any atom is 0.348 e. The molecule has 0 saturated carbocycles. The van der Waals surface area contributed by atoms with Gasteiger partial charge >= 0.3 is 11.9 Å². The summed E-state index contributed by atoms with van der Waals surface area (Å²) in [5.74, 6) is -3.29. The van der Waals surface area contributed by atoms with Crippen LogP contribution in [-0.2, 0) is 19.1 Å². The minimum Gasteiger partial charge on any atom is -0.491 e. The highest BCUT2D eigenvalue weighted by molar-refractivity contribution is 6.18. The van der Waals surface area contributed by atoms with E-state index in [0.29, 0.717) is 12.2 Å². The maximum absolute atomic E-state index is 13.6. The number of cyclic esters (lactones) is 2. The predicted molar refractivity (Wildman–Crippen MR) is 76.4 cm³/mol. The third-order valence-electron chi connectivity index (χ3n) is 2.84. The number of benzene rings is 1. The van der Waals surface area contributed by atoms with Gasteiger partial charge in [0.2, 0.25) is 0 Å². The molecular formula is C16H17FO5. The number of carbonyl (C=O) groups excluding carboxylic acids is 2. The van der Waals surface area contributed by atoms with Crippen LogP contribution < -0.4 is 4.74 Å². The predicted octanol–water partition coefficient (Wildman–Crippen LogP) is 2.83. The van der Waals surface area contributed by atoms with Gasteiger partial charge in [-0.2, -0.15) is 0 Å². The van der Waals surface area contributed by atoms with Crippen molar-refractivity contribution in [3.8, 4) is 5.75 Å². The summed E-state index contributed by atoms with van der Waals surface area (Å²) in [6.07, 6.45) is 2.02. The number of halogens is 1. The van der Waals surface area contributed by atoms with E-state index in [1.807, 2.05) is 6.92 Å². The normalized spacial score (nSPS) is 16.8. The van der Waals surface area contributed by atoms with Gasteiger partial charge in [0.1, 0.15) is 5.57 Å². The maximum atomic E-state index is 13.6. The highest BCUT2D eigenvalue weighted by atomic mass is 19.1. The van der Waals surface area contributed by atoms with Crippen molar-refractivity contribution in [1.82, 2.24) is 0 Å². The van der Waals surface area contributed by atoms with E-state index in [9.17, 15) is 14.0 Å². The first-order valence-electron chi connectivity index (χ1n) is 6.93. The summed E-state index contributed by atoms with van der Waals surface area (Å²) < 4.78 is 28.8. The van der Waals surface area contributed by atoms with Crippen LogP contribution in [0.15, 0.2) is 23.8 Å².